The van der Waals surface area contributed by atoms with Gasteiger partial charge in [0, 0.05) is 18.3 Å². The summed E-state index contributed by atoms with van der Waals surface area (Å²) < 4.78 is 18.2. The zero-order chi connectivity index (χ0) is 13.8. The first-order valence-electron chi connectivity index (χ1n) is 5.62. The average Bonchev–Trinajstić information content (AvgIpc) is 2.42. The highest BCUT2D eigenvalue weighted by molar-refractivity contribution is 6.42. The Morgan fingerprint density at radius 1 is 1.21 bits per heavy atom. The van der Waals surface area contributed by atoms with Crippen molar-refractivity contribution in [2.24, 2.45) is 0 Å². The summed E-state index contributed by atoms with van der Waals surface area (Å²) in [5.41, 5.74) is 1.62. The molecule has 2 aromatic carbocycles. The monoisotopic (exact) mass is 299 g/mol. The zero-order valence-electron chi connectivity index (χ0n) is 10.2. The summed E-state index contributed by atoms with van der Waals surface area (Å²) in [4.78, 5) is 0. The van der Waals surface area contributed by atoms with E-state index < -0.39 is 5.82 Å². The number of ether oxygens (including phenoxy) is 1. The van der Waals surface area contributed by atoms with Crippen molar-refractivity contribution in [1.29, 1.82) is 0 Å². The Balaban J connectivity index is 2.12. The minimum Gasteiger partial charge on any atom is -0.494 e. The molecular formula is C14H12Cl2FNO. The summed E-state index contributed by atoms with van der Waals surface area (Å²) in [5, 5.41) is 4.17. The molecule has 2 aromatic rings. The highest BCUT2D eigenvalue weighted by Gasteiger charge is 2.06. The van der Waals surface area contributed by atoms with Gasteiger partial charge in [-0.1, -0.05) is 35.3 Å². The van der Waals surface area contributed by atoms with Gasteiger partial charge in [-0.25, -0.2) is 4.39 Å². The van der Waals surface area contributed by atoms with Crippen LogP contribution in [0.2, 0.25) is 10.0 Å². The lowest BCUT2D eigenvalue weighted by Gasteiger charge is -2.10. The molecule has 0 saturated carbocycles. The molecule has 1 N–H and O–H groups in total. The van der Waals surface area contributed by atoms with Gasteiger partial charge in [0.15, 0.2) is 11.6 Å². The van der Waals surface area contributed by atoms with Gasteiger partial charge in [-0.15, -0.1) is 0 Å². The largest absolute Gasteiger partial charge is 0.494 e. The molecule has 0 fully saturated rings. The molecule has 100 valence electrons. The Morgan fingerprint density at radius 3 is 2.74 bits per heavy atom. The number of nitrogens with one attached hydrogen (secondary N) is 1. The molecule has 0 spiro atoms. The van der Waals surface area contributed by atoms with Crippen LogP contribution in [-0.4, -0.2) is 7.11 Å². The van der Waals surface area contributed by atoms with Crippen molar-refractivity contribution >= 4 is 28.9 Å². The second kappa shape index (κ2) is 6.13. The van der Waals surface area contributed by atoms with Crippen molar-refractivity contribution in [1.82, 2.24) is 0 Å². The Kier molecular flexibility index (Phi) is 4.51. The predicted octanol–water partition coefficient (Wildman–Crippen LogP) is 4.75. The first-order chi connectivity index (χ1) is 9.11. The molecule has 0 saturated heterocycles. The summed E-state index contributed by atoms with van der Waals surface area (Å²) in [6, 6.07) is 10.0. The van der Waals surface area contributed by atoms with Gasteiger partial charge in [0.2, 0.25) is 0 Å². The summed E-state index contributed by atoms with van der Waals surface area (Å²) >= 11 is 12.0. The number of methoxy groups -OCH3 is 1. The lowest BCUT2D eigenvalue weighted by molar-refractivity contribution is 0.387. The molecule has 0 aliphatic carbocycles. The smallest absolute Gasteiger partial charge is 0.165 e. The number of hydrogen-bond donors (Lipinski definition) is 1. The average molecular weight is 300 g/mol. The lowest BCUT2D eigenvalue weighted by Crippen LogP contribution is -2.01. The SMILES string of the molecule is COc1cc(NCc2cccc(Cl)c2Cl)ccc1F. The summed E-state index contributed by atoms with van der Waals surface area (Å²) in [7, 11) is 1.43. The van der Waals surface area contributed by atoms with Gasteiger partial charge in [-0.3, -0.25) is 0 Å². The van der Waals surface area contributed by atoms with Crippen LogP contribution < -0.4 is 10.1 Å². The summed E-state index contributed by atoms with van der Waals surface area (Å²) in [6.07, 6.45) is 0. The molecule has 0 amide bonds. The van der Waals surface area contributed by atoms with Crippen LogP contribution in [-0.2, 0) is 6.54 Å². The topological polar surface area (TPSA) is 21.3 Å². The van der Waals surface area contributed by atoms with Crippen LogP contribution in [0.3, 0.4) is 0 Å². The van der Waals surface area contributed by atoms with Crippen LogP contribution >= 0.6 is 23.2 Å². The Morgan fingerprint density at radius 2 is 2.00 bits per heavy atom. The maximum Gasteiger partial charge on any atom is 0.165 e. The Bertz CT molecular complexity index is 590. The highest BCUT2D eigenvalue weighted by atomic mass is 35.5. The quantitative estimate of drug-likeness (QED) is 0.879. The van der Waals surface area contributed by atoms with Crippen LogP contribution in [0.15, 0.2) is 36.4 Å². The molecule has 0 aliphatic rings. The fourth-order valence-corrected chi connectivity index (χ4v) is 2.04. The van der Waals surface area contributed by atoms with Gasteiger partial charge in [0.25, 0.3) is 0 Å². The number of halogens is 3. The molecule has 0 aliphatic heterocycles. The van der Waals surface area contributed by atoms with Gasteiger partial charge >= 0.3 is 0 Å². The molecule has 0 aromatic heterocycles. The molecule has 0 unspecified atom stereocenters. The van der Waals surface area contributed by atoms with Crippen molar-refractivity contribution in [2.45, 2.75) is 6.54 Å². The normalized spacial score (nSPS) is 10.3. The van der Waals surface area contributed by atoms with Crippen molar-refractivity contribution in [3.63, 3.8) is 0 Å². The van der Waals surface area contributed by atoms with E-state index in [1.54, 1.807) is 18.2 Å². The molecule has 0 radical (unpaired) electrons. The number of benzene rings is 2. The molecule has 0 heterocycles. The minimum absolute atomic E-state index is 0.196. The van der Waals surface area contributed by atoms with Gasteiger partial charge < -0.3 is 10.1 Å². The van der Waals surface area contributed by atoms with Crippen LogP contribution in [0.5, 0.6) is 5.75 Å². The van der Waals surface area contributed by atoms with Gasteiger partial charge in [0.1, 0.15) is 0 Å². The van der Waals surface area contributed by atoms with Crippen LogP contribution in [0.4, 0.5) is 10.1 Å². The Labute approximate surface area is 121 Å². The van der Waals surface area contributed by atoms with Gasteiger partial charge in [-0.2, -0.15) is 0 Å². The molecule has 5 heteroatoms. The third kappa shape index (κ3) is 3.31. The van der Waals surface area contributed by atoms with Crippen molar-refractivity contribution < 1.29 is 9.13 Å². The second-order valence-electron chi connectivity index (χ2n) is 3.92. The van der Waals surface area contributed by atoms with E-state index in [0.717, 1.165) is 11.3 Å². The molecule has 0 atom stereocenters. The van der Waals surface area contributed by atoms with Crippen molar-refractivity contribution in [3.8, 4) is 5.75 Å². The van der Waals surface area contributed by atoms with E-state index in [1.165, 1.54) is 13.2 Å². The van der Waals surface area contributed by atoms with E-state index in [9.17, 15) is 4.39 Å². The van der Waals surface area contributed by atoms with E-state index in [4.69, 9.17) is 27.9 Å². The third-order valence-corrected chi connectivity index (χ3v) is 3.52. The van der Waals surface area contributed by atoms with Gasteiger partial charge in [-0.05, 0) is 23.8 Å². The first-order valence-corrected chi connectivity index (χ1v) is 6.37. The highest BCUT2D eigenvalue weighted by Crippen LogP contribution is 2.27. The molecule has 2 rings (SSSR count). The maximum absolute atomic E-state index is 13.3. The fourth-order valence-electron chi connectivity index (χ4n) is 1.65. The standard InChI is InChI=1S/C14H12Cl2FNO/c1-19-13-7-10(5-6-12(13)17)18-8-9-3-2-4-11(15)14(9)16/h2-7,18H,8H2,1H3. The zero-order valence-corrected chi connectivity index (χ0v) is 11.7. The molecular weight excluding hydrogens is 288 g/mol. The van der Waals surface area contributed by atoms with E-state index in [2.05, 4.69) is 5.32 Å². The second-order valence-corrected chi connectivity index (χ2v) is 4.70. The first kappa shape index (κ1) is 14.0. The van der Waals surface area contributed by atoms with E-state index in [0.29, 0.717) is 16.6 Å². The van der Waals surface area contributed by atoms with Crippen LogP contribution in [0.25, 0.3) is 0 Å². The van der Waals surface area contributed by atoms with Crippen LogP contribution in [0, 0.1) is 5.82 Å². The van der Waals surface area contributed by atoms with E-state index >= 15 is 0 Å². The number of hydrogen-bond acceptors (Lipinski definition) is 2. The third-order valence-electron chi connectivity index (χ3n) is 2.67. The number of rotatable bonds is 4. The van der Waals surface area contributed by atoms with Crippen LogP contribution in [0.1, 0.15) is 5.56 Å². The predicted molar refractivity (Wildman–Crippen MR) is 76.7 cm³/mol. The number of anilines is 1. The molecule has 2 nitrogen and oxygen atoms in total. The molecule has 0 bridgehead atoms. The molecule has 19 heavy (non-hydrogen) atoms. The summed E-state index contributed by atoms with van der Waals surface area (Å²) in [5.74, 6) is -0.198. The van der Waals surface area contributed by atoms with Gasteiger partial charge in [0.05, 0.1) is 17.2 Å². The Hall–Kier alpha value is -1.45. The minimum atomic E-state index is -0.395. The van der Waals surface area contributed by atoms with Crippen molar-refractivity contribution in [2.75, 3.05) is 12.4 Å². The van der Waals surface area contributed by atoms with Crippen molar-refractivity contribution in [3.05, 3.63) is 57.8 Å². The van der Waals surface area contributed by atoms with E-state index in [1.807, 2.05) is 12.1 Å². The summed E-state index contributed by atoms with van der Waals surface area (Å²) in [6.45, 7) is 0.494. The lowest BCUT2D eigenvalue weighted by atomic mass is 10.2. The fraction of sp³-hybridized carbons (Fsp3) is 0.143. The van der Waals surface area contributed by atoms with E-state index in [-0.39, 0.29) is 5.75 Å². The maximum atomic E-state index is 13.3.